The van der Waals surface area contributed by atoms with Crippen molar-refractivity contribution in [1.82, 2.24) is 0 Å². The first kappa shape index (κ1) is 19.8. The van der Waals surface area contributed by atoms with Crippen molar-refractivity contribution < 1.29 is 0 Å². The van der Waals surface area contributed by atoms with Crippen LogP contribution in [0.2, 0.25) is 0 Å². The molecule has 2 aromatic rings. The van der Waals surface area contributed by atoms with Crippen LogP contribution < -0.4 is 0 Å². The largest absolute Gasteiger partial charge is 0.0683 e. The highest BCUT2D eigenvalue weighted by Gasteiger charge is 1.79. The van der Waals surface area contributed by atoms with Crippen molar-refractivity contribution in [2.24, 2.45) is 0 Å². The molecule has 0 bridgehead atoms. The lowest BCUT2D eigenvalue weighted by atomic mass is 10.2. The van der Waals surface area contributed by atoms with Crippen LogP contribution in [-0.4, -0.2) is 0 Å². The number of hydrogen-bond acceptors (Lipinski definition) is 0. The summed E-state index contributed by atoms with van der Waals surface area (Å²) in [6, 6.07) is 18.7. The normalized spacial score (nSPS) is 7.74. The van der Waals surface area contributed by atoms with Gasteiger partial charge in [-0.2, -0.15) is 0 Å². The second-order valence-corrected chi connectivity index (χ2v) is 3.81. The minimum atomic E-state index is 1.32. The minimum Gasteiger partial charge on any atom is -0.0683 e. The molecule has 0 N–H and O–H groups in total. The Bertz CT molecular complexity index is 350. The molecule has 0 saturated carbocycles. The first-order chi connectivity index (χ1) is 9.18. The summed E-state index contributed by atoms with van der Waals surface area (Å²) in [7, 11) is 0. The average molecular weight is 258 g/mol. The third-order valence-corrected chi connectivity index (χ3v) is 2.16. The molecule has 0 aliphatic carbocycles. The Labute approximate surface area is 120 Å². The highest BCUT2D eigenvalue weighted by Crippen LogP contribution is 1.99. The van der Waals surface area contributed by atoms with Crippen molar-refractivity contribution in [3.63, 3.8) is 0 Å². The zero-order valence-electron chi connectivity index (χ0n) is 13.7. The van der Waals surface area contributed by atoms with E-state index in [1.54, 1.807) is 0 Å². The van der Waals surface area contributed by atoms with Gasteiger partial charge in [0, 0.05) is 0 Å². The van der Waals surface area contributed by atoms with E-state index in [1.807, 2.05) is 45.9 Å². The van der Waals surface area contributed by atoms with Crippen LogP contribution in [-0.2, 0) is 0 Å². The van der Waals surface area contributed by atoms with E-state index in [1.165, 1.54) is 16.7 Å². The SMILES string of the molecule is CC.CC.Cc1ccc(C)cc1.Cc1ccccc1. The number of rotatable bonds is 0. The lowest BCUT2D eigenvalue weighted by Gasteiger charge is -1.90. The molecule has 0 aromatic heterocycles. The Kier molecular flexibility index (Phi) is 15.1. The number of hydrogen-bond donors (Lipinski definition) is 0. The Morgan fingerprint density at radius 3 is 0.895 bits per heavy atom. The maximum absolute atomic E-state index is 2.12. The fourth-order valence-electron chi connectivity index (χ4n) is 1.17. The van der Waals surface area contributed by atoms with E-state index >= 15 is 0 Å². The van der Waals surface area contributed by atoms with Crippen LogP contribution >= 0.6 is 0 Å². The van der Waals surface area contributed by atoms with Gasteiger partial charge < -0.3 is 0 Å². The van der Waals surface area contributed by atoms with Gasteiger partial charge in [0.05, 0.1) is 0 Å². The monoisotopic (exact) mass is 258 g/mol. The molecule has 0 nitrogen and oxygen atoms in total. The van der Waals surface area contributed by atoms with Crippen LogP contribution in [0.4, 0.5) is 0 Å². The van der Waals surface area contributed by atoms with Gasteiger partial charge in [-0.25, -0.2) is 0 Å². The quantitative estimate of drug-likeness (QED) is 0.516. The molecule has 2 aromatic carbocycles. The van der Waals surface area contributed by atoms with Gasteiger partial charge >= 0.3 is 0 Å². The van der Waals surface area contributed by atoms with Crippen LogP contribution in [0, 0.1) is 20.8 Å². The van der Waals surface area contributed by atoms with Gasteiger partial charge in [-0.1, -0.05) is 99.0 Å². The average Bonchev–Trinajstić information content (AvgIpc) is 2.48. The highest BCUT2D eigenvalue weighted by atomic mass is 13.9. The summed E-state index contributed by atoms with van der Waals surface area (Å²) in [6.07, 6.45) is 0. The predicted molar refractivity (Wildman–Crippen MR) is 89.8 cm³/mol. The molecule has 2 rings (SSSR count). The summed E-state index contributed by atoms with van der Waals surface area (Å²) < 4.78 is 0. The minimum absolute atomic E-state index is 1.32. The Hall–Kier alpha value is -1.56. The molecule has 0 saturated heterocycles. The van der Waals surface area contributed by atoms with Gasteiger partial charge in [0.25, 0.3) is 0 Å². The van der Waals surface area contributed by atoms with Gasteiger partial charge in [-0.3, -0.25) is 0 Å². The van der Waals surface area contributed by atoms with Crippen molar-refractivity contribution >= 4 is 0 Å². The summed E-state index contributed by atoms with van der Waals surface area (Å²) in [6.45, 7) is 14.3. The molecule has 0 unspecified atom stereocenters. The second-order valence-electron chi connectivity index (χ2n) is 3.81. The van der Waals surface area contributed by atoms with Crippen LogP contribution in [0.15, 0.2) is 54.6 Å². The third kappa shape index (κ3) is 12.7. The van der Waals surface area contributed by atoms with Crippen LogP contribution in [0.25, 0.3) is 0 Å². The van der Waals surface area contributed by atoms with E-state index in [9.17, 15) is 0 Å². The third-order valence-electron chi connectivity index (χ3n) is 2.16. The summed E-state index contributed by atoms with van der Waals surface area (Å²) in [5, 5.41) is 0. The molecule has 0 aliphatic heterocycles. The van der Waals surface area contributed by atoms with E-state index in [-0.39, 0.29) is 0 Å². The smallest absolute Gasteiger partial charge is 0.0398 e. The van der Waals surface area contributed by atoms with E-state index in [2.05, 4.69) is 57.2 Å². The van der Waals surface area contributed by atoms with E-state index in [0.717, 1.165) is 0 Å². The zero-order valence-corrected chi connectivity index (χ0v) is 13.7. The summed E-state index contributed by atoms with van der Waals surface area (Å²) >= 11 is 0. The van der Waals surface area contributed by atoms with Gasteiger partial charge in [0.1, 0.15) is 0 Å². The Balaban J connectivity index is 0. The fourth-order valence-corrected chi connectivity index (χ4v) is 1.17. The first-order valence-corrected chi connectivity index (χ1v) is 7.23. The van der Waals surface area contributed by atoms with Gasteiger partial charge in [-0.15, -0.1) is 0 Å². The first-order valence-electron chi connectivity index (χ1n) is 7.23. The predicted octanol–water partition coefficient (Wildman–Crippen LogP) is 6.35. The molecule has 0 amide bonds. The molecule has 0 fully saturated rings. The Morgan fingerprint density at radius 2 is 0.684 bits per heavy atom. The van der Waals surface area contributed by atoms with E-state index < -0.39 is 0 Å². The maximum Gasteiger partial charge on any atom is -0.0398 e. The van der Waals surface area contributed by atoms with Gasteiger partial charge in [0.15, 0.2) is 0 Å². The van der Waals surface area contributed by atoms with Crippen molar-refractivity contribution in [3.05, 3.63) is 71.3 Å². The van der Waals surface area contributed by atoms with Gasteiger partial charge in [0.2, 0.25) is 0 Å². The van der Waals surface area contributed by atoms with Crippen molar-refractivity contribution in [2.75, 3.05) is 0 Å². The molecule has 19 heavy (non-hydrogen) atoms. The lowest BCUT2D eigenvalue weighted by molar-refractivity contribution is 1.40. The summed E-state index contributed by atoms with van der Waals surface area (Å²) in [4.78, 5) is 0. The van der Waals surface area contributed by atoms with E-state index in [4.69, 9.17) is 0 Å². The molecule has 0 atom stereocenters. The molecule has 0 radical (unpaired) electrons. The van der Waals surface area contributed by atoms with Crippen LogP contribution in [0.5, 0.6) is 0 Å². The standard InChI is InChI=1S/C8H10.C7H8.2C2H6/c1-7-3-5-8(2)6-4-7;1-7-5-3-2-4-6-7;2*1-2/h3-6H,1-2H3;2-6H,1H3;2*1-2H3. The summed E-state index contributed by atoms with van der Waals surface area (Å²) in [5.41, 5.74) is 3.98. The second kappa shape index (κ2) is 14.5. The van der Waals surface area contributed by atoms with Gasteiger partial charge in [-0.05, 0) is 20.8 Å². The Morgan fingerprint density at radius 1 is 0.421 bits per heavy atom. The molecular formula is C19H30. The van der Waals surface area contributed by atoms with Crippen LogP contribution in [0.1, 0.15) is 44.4 Å². The van der Waals surface area contributed by atoms with Crippen LogP contribution in [0.3, 0.4) is 0 Å². The fraction of sp³-hybridized carbons (Fsp3) is 0.368. The zero-order chi connectivity index (χ0) is 15.1. The lowest BCUT2D eigenvalue weighted by Crippen LogP contribution is -1.70. The molecule has 0 heterocycles. The number of benzene rings is 2. The molecule has 0 aliphatic rings. The van der Waals surface area contributed by atoms with Crippen molar-refractivity contribution in [3.8, 4) is 0 Å². The highest BCUT2D eigenvalue weighted by molar-refractivity contribution is 5.19. The van der Waals surface area contributed by atoms with Crippen molar-refractivity contribution in [1.29, 1.82) is 0 Å². The number of aryl methyl sites for hydroxylation is 3. The van der Waals surface area contributed by atoms with Crippen molar-refractivity contribution in [2.45, 2.75) is 48.5 Å². The molecule has 0 heteroatoms. The topological polar surface area (TPSA) is 0 Å². The molecule has 0 spiro atoms. The summed E-state index contributed by atoms with van der Waals surface area (Å²) in [5.74, 6) is 0. The molecule has 106 valence electrons. The van der Waals surface area contributed by atoms with E-state index in [0.29, 0.717) is 0 Å². The molecular weight excluding hydrogens is 228 g/mol. The maximum atomic E-state index is 2.12.